The van der Waals surface area contributed by atoms with Crippen molar-refractivity contribution in [3.8, 4) is 11.1 Å². The first-order valence-corrected chi connectivity index (χ1v) is 9.08. The molecule has 2 aromatic rings. The number of hydrogen-bond donors (Lipinski definition) is 1. The lowest BCUT2D eigenvalue weighted by Crippen LogP contribution is -2.32. The van der Waals surface area contributed by atoms with Gasteiger partial charge in [-0.15, -0.1) is 0 Å². The van der Waals surface area contributed by atoms with Crippen LogP contribution in [-0.4, -0.2) is 5.11 Å². The molecule has 0 aliphatic heterocycles. The first-order valence-electron chi connectivity index (χ1n) is 9.08. The molecule has 1 N–H and O–H groups in total. The zero-order valence-corrected chi connectivity index (χ0v) is 15.5. The summed E-state index contributed by atoms with van der Waals surface area (Å²) in [5.74, 6) is 0.662. The van der Waals surface area contributed by atoms with Crippen LogP contribution in [0.2, 0.25) is 0 Å². The van der Waals surface area contributed by atoms with Crippen molar-refractivity contribution in [2.45, 2.75) is 59.5 Å². The van der Waals surface area contributed by atoms with Crippen molar-refractivity contribution in [2.24, 2.45) is 10.8 Å². The van der Waals surface area contributed by atoms with Gasteiger partial charge in [0.15, 0.2) is 0 Å². The van der Waals surface area contributed by atoms with E-state index in [-0.39, 0.29) is 6.61 Å². The molecule has 128 valence electrons. The second kappa shape index (κ2) is 6.37. The van der Waals surface area contributed by atoms with Gasteiger partial charge in [0.2, 0.25) is 0 Å². The third-order valence-corrected chi connectivity index (χ3v) is 5.41. The van der Waals surface area contributed by atoms with Crippen molar-refractivity contribution in [3.05, 3.63) is 59.7 Å². The van der Waals surface area contributed by atoms with Gasteiger partial charge in [0.25, 0.3) is 0 Å². The fourth-order valence-corrected chi connectivity index (χ4v) is 4.83. The molecule has 24 heavy (non-hydrogen) atoms. The Balaban J connectivity index is 1.81. The van der Waals surface area contributed by atoms with Crippen LogP contribution in [0, 0.1) is 10.8 Å². The lowest BCUT2D eigenvalue weighted by atomic mass is 9.60. The third kappa shape index (κ3) is 3.89. The summed E-state index contributed by atoms with van der Waals surface area (Å²) in [5, 5.41) is 9.16. The highest BCUT2D eigenvalue weighted by Gasteiger charge is 2.38. The number of rotatable bonds is 3. The maximum atomic E-state index is 9.16. The summed E-state index contributed by atoms with van der Waals surface area (Å²) in [7, 11) is 0. The molecule has 1 heteroatoms. The summed E-state index contributed by atoms with van der Waals surface area (Å²) in [6.45, 7) is 9.76. The average molecular weight is 322 g/mol. The standard InChI is InChI=1S/C23H30O/c1-22(2)13-21(14-23(3,4)16-22)20-11-9-19(10-12-20)18-7-5-17(15-24)6-8-18/h5-12,21,24H,13-16H2,1-4H3. The second-order valence-electron chi connectivity index (χ2n) is 9.09. The minimum absolute atomic E-state index is 0.104. The molecule has 0 saturated heterocycles. The number of benzene rings is 2. The van der Waals surface area contributed by atoms with Crippen molar-refractivity contribution >= 4 is 0 Å². The average Bonchev–Trinajstić information content (AvgIpc) is 2.52. The first kappa shape index (κ1) is 17.2. The summed E-state index contributed by atoms with van der Waals surface area (Å²) in [4.78, 5) is 0. The highest BCUT2D eigenvalue weighted by Crippen LogP contribution is 2.51. The minimum Gasteiger partial charge on any atom is -0.392 e. The van der Waals surface area contributed by atoms with Gasteiger partial charge in [-0.25, -0.2) is 0 Å². The molecule has 1 aliphatic rings. The predicted molar refractivity (Wildman–Crippen MR) is 102 cm³/mol. The van der Waals surface area contributed by atoms with Gasteiger partial charge in [-0.2, -0.15) is 0 Å². The summed E-state index contributed by atoms with van der Waals surface area (Å²) < 4.78 is 0. The van der Waals surface area contributed by atoms with E-state index >= 15 is 0 Å². The maximum absolute atomic E-state index is 9.16. The summed E-state index contributed by atoms with van der Waals surface area (Å²) in [5.41, 5.74) is 5.74. The van der Waals surface area contributed by atoms with Gasteiger partial charge in [-0.05, 0) is 58.3 Å². The molecule has 2 aromatic carbocycles. The van der Waals surface area contributed by atoms with Crippen LogP contribution in [0.3, 0.4) is 0 Å². The fraction of sp³-hybridized carbons (Fsp3) is 0.478. The molecule has 0 radical (unpaired) electrons. The third-order valence-electron chi connectivity index (χ3n) is 5.41. The van der Waals surface area contributed by atoms with Crippen molar-refractivity contribution < 1.29 is 5.11 Å². The van der Waals surface area contributed by atoms with Gasteiger partial charge in [0.05, 0.1) is 6.61 Å². The Hall–Kier alpha value is -1.60. The topological polar surface area (TPSA) is 20.2 Å². The molecular formula is C23H30O. The van der Waals surface area contributed by atoms with Crippen LogP contribution in [0.5, 0.6) is 0 Å². The van der Waals surface area contributed by atoms with Gasteiger partial charge >= 0.3 is 0 Å². The zero-order valence-electron chi connectivity index (χ0n) is 15.5. The van der Waals surface area contributed by atoms with Gasteiger partial charge in [0.1, 0.15) is 0 Å². The van der Waals surface area contributed by atoms with Crippen LogP contribution in [0.4, 0.5) is 0 Å². The second-order valence-corrected chi connectivity index (χ2v) is 9.09. The lowest BCUT2D eigenvalue weighted by Gasteiger charge is -2.45. The Kier molecular flexibility index (Phi) is 4.57. The van der Waals surface area contributed by atoms with Crippen LogP contribution in [0.15, 0.2) is 48.5 Å². The molecule has 0 aromatic heterocycles. The van der Waals surface area contributed by atoms with Crippen LogP contribution < -0.4 is 0 Å². The van der Waals surface area contributed by atoms with Crippen LogP contribution in [-0.2, 0) is 6.61 Å². The quantitative estimate of drug-likeness (QED) is 0.717. The van der Waals surface area contributed by atoms with Crippen molar-refractivity contribution in [2.75, 3.05) is 0 Å². The van der Waals surface area contributed by atoms with E-state index in [0.717, 1.165) is 5.56 Å². The van der Waals surface area contributed by atoms with E-state index in [0.29, 0.717) is 16.7 Å². The van der Waals surface area contributed by atoms with Crippen LogP contribution >= 0.6 is 0 Å². The van der Waals surface area contributed by atoms with E-state index in [1.165, 1.54) is 36.0 Å². The largest absolute Gasteiger partial charge is 0.392 e. The molecule has 1 nitrogen and oxygen atoms in total. The summed E-state index contributed by atoms with van der Waals surface area (Å²) in [6, 6.07) is 17.3. The highest BCUT2D eigenvalue weighted by molar-refractivity contribution is 5.64. The fourth-order valence-electron chi connectivity index (χ4n) is 4.83. The van der Waals surface area contributed by atoms with Gasteiger partial charge in [-0.3, -0.25) is 0 Å². The Morgan fingerprint density at radius 3 is 1.71 bits per heavy atom. The normalized spacial score (nSPS) is 20.0. The predicted octanol–water partition coefficient (Wildman–Crippen LogP) is 6.17. The Morgan fingerprint density at radius 2 is 1.25 bits per heavy atom. The van der Waals surface area contributed by atoms with E-state index in [2.05, 4.69) is 64.1 Å². The van der Waals surface area contributed by atoms with E-state index in [1.54, 1.807) is 0 Å². The monoisotopic (exact) mass is 322 g/mol. The lowest BCUT2D eigenvalue weighted by molar-refractivity contribution is 0.0969. The highest BCUT2D eigenvalue weighted by atomic mass is 16.3. The number of aliphatic hydroxyl groups excluding tert-OH is 1. The SMILES string of the molecule is CC1(C)CC(c2ccc(-c3ccc(CO)cc3)cc2)CC(C)(C)C1. The summed E-state index contributed by atoms with van der Waals surface area (Å²) in [6.07, 6.45) is 3.87. The van der Waals surface area contributed by atoms with E-state index in [9.17, 15) is 0 Å². The van der Waals surface area contributed by atoms with E-state index < -0.39 is 0 Å². The molecule has 0 heterocycles. The molecule has 0 amide bonds. The van der Waals surface area contributed by atoms with Crippen molar-refractivity contribution in [1.29, 1.82) is 0 Å². The smallest absolute Gasteiger partial charge is 0.0681 e. The minimum atomic E-state index is 0.104. The molecule has 3 rings (SSSR count). The number of aliphatic hydroxyl groups is 1. The maximum Gasteiger partial charge on any atom is 0.0681 e. The molecular weight excluding hydrogens is 292 g/mol. The van der Waals surface area contributed by atoms with Gasteiger partial charge in [0, 0.05) is 0 Å². The van der Waals surface area contributed by atoms with Crippen LogP contribution in [0.25, 0.3) is 11.1 Å². The Morgan fingerprint density at radius 1 is 0.792 bits per heavy atom. The van der Waals surface area contributed by atoms with Crippen LogP contribution in [0.1, 0.15) is 64.0 Å². The van der Waals surface area contributed by atoms with Gasteiger partial charge in [-0.1, -0.05) is 76.2 Å². The molecule has 1 fully saturated rings. The molecule has 1 aliphatic carbocycles. The molecule has 0 unspecified atom stereocenters. The molecule has 0 bridgehead atoms. The molecule has 1 saturated carbocycles. The Labute approximate surface area is 146 Å². The van der Waals surface area contributed by atoms with E-state index in [4.69, 9.17) is 5.11 Å². The van der Waals surface area contributed by atoms with Crippen molar-refractivity contribution in [1.82, 2.24) is 0 Å². The van der Waals surface area contributed by atoms with Crippen molar-refractivity contribution in [3.63, 3.8) is 0 Å². The first-order chi connectivity index (χ1) is 11.3. The summed E-state index contributed by atoms with van der Waals surface area (Å²) >= 11 is 0. The van der Waals surface area contributed by atoms with Gasteiger partial charge < -0.3 is 5.11 Å². The molecule has 0 spiro atoms. The Bertz CT molecular complexity index is 661. The molecule has 0 atom stereocenters. The zero-order chi connectivity index (χ0) is 17.4. The van der Waals surface area contributed by atoms with E-state index in [1.807, 2.05) is 12.1 Å². The number of hydrogen-bond acceptors (Lipinski definition) is 1.